The minimum absolute atomic E-state index is 0.159. The van der Waals surface area contributed by atoms with Crippen LogP contribution in [0.15, 0.2) is 29.6 Å². The average Bonchev–Trinajstić information content (AvgIpc) is 2.69. The predicted octanol–water partition coefficient (Wildman–Crippen LogP) is 4.24. The van der Waals surface area contributed by atoms with E-state index in [4.69, 9.17) is 0 Å². The lowest BCUT2D eigenvalue weighted by atomic mass is 9.99. The molecule has 92 valence electrons. The molecule has 0 amide bonds. The summed E-state index contributed by atoms with van der Waals surface area (Å²) in [5.74, 6) is 0.573. The lowest BCUT2D eigenvalue weighted by Crippen LogP contribution is -2.10. The van der Waals surface area contributed by atoms with Gasteiger partial charge in [-0.1, -0.05) is 32.0 Å². The molecule has 2 rings (SSSR count). The van der Waals surface area contributed by atoms with Crippen molar-refractivity contribution < 1.29 is 5.11 Å². The van der Waals surface area contributed by atoms with Crippen LogP contribution in [0.1, 0.15) is 32.3 Å². The fourth-order valence-corrected chi connectivity index (χ4v) is 3.21. The van der Waals surface area contributed by atoms with Gasteiger partial charge in [-0.2, -0.15) is 0 Å². The molecule has 0 aliphatic heterocycles. The van der Waals surface area contributed by atoms with Crippen molar-refractivity contribution in [3.05, 3.63) is 35.2 Å². The zero-order chi connectivity index (χ0) is 12.3. The number of hydrogen-bond acceptors (Lipinski definition) is 2. The Morgan fingerprint density at radius 3 is 2.76 bits per heavy atom. The lowest BCUT2D eigenvalue weighted by molar-refractivity contribution is 0.140. The van der Waals surface area contributed by atoms with Crippen LogP contribution in [0.3, 0.4) is 0 Å². The Labute approximate surface area is 107 Å². The smallest absolute Gasteiger partial charge is 0.0545 e. The highest BCUT2D eigenvalue weighted by molar-refractivity contribution is 7.17. The van der Waals surface area contributed by atoms with Crippen molar-refractivity contribution in [3.8, 4) is 0 Å². The Morgan fingerprint density at radius 2 is 2.00 bits per heavy atom. The molecule has 2 aromatic rings. The van der Waals surface area contributed by atoms with Gasteiger partial charge in [-0.15, -0.1) is 11.3 Å². The van der Waals surface area contributed by atoms with Gasteiger partial charge < -0.3 is 5.11 Å². The van der Waals surface area contributed by atoms with Crippen LogP contribution in [-0.2, 0) is 6.42 Å². The predicted molar refractivity (Wildman–Crippen MR) is 75.6 cm³/mol. The normalized spacial score (nSPS) is 13.4. The fourth-order valence-electron chi connectivity index (χ4n) is 2.21. The SMILES string of the molecule is CC(C)CC(O)CCc1csc2ccccc12. The third-order valence-corrected chi connectivity index (χ3v) is 4.06. The molecule has 1 nitrogen and oxygen atoms in total. The molecule has 0 fully saturated rings. The molecule has 1 aromatic carbocycles. The summed E-state index contributed by atoms with van der Waals surface area (Å²) < 4.78 is 1.35. The quantitative estimate of drug-likeness (QED) is 0.839. The highest BCUT2D eigenvalue weighted by Crippen LogP contribution is 2.27. The van der Waals surface area contributed by atoms with Crippen molar-refractivity contribution in [1.82, 2.24) is 0 Å². The van der Waals surface area contributed by atoms with E-state index in [1.165, 1.54) is 15.6 Å². The second-order valence-corrected chi connectivity index (χ2v) is 5.99. The van der Waals surface area contributed by atoms with E-state index in [1.807, 2.05) is 0 Å². The Morgan fingerprint density at radius 1 is 1.24 bits per heavy atom. The first kappa shape index (κ1) is 12.6. The van der Waals surface area contributed by atoms with Crippen LogP contribution in [0.2, 0.25) is 0 Å². The maximum atomic E-state index is 9.89. The molecule has 0 bridgehead atoms. The third-order valence-electron chi connectivity index (χ3n) is 3.05. The number of aliphatic hydroxyl groups is 1. The van der Waals surface area contributed by atoms with Gasteiger partial charge >= 0.3 is 0 Å². The molecular weight excluding hydrogens is 228 g/mol. The molecule has 1 heterocycles. The first-order chi connectivity index (χ1) is 8.16. The molecule has 0 spiro atoms. The van der Waals surface area contributed by atoms with Crippen molar-refractivity contribution in [2.24, 2.45) is 5.92 Å². The van der Waals surface area contributed by atoms with Crippen LogP contribution in [0.25, 0.3) is 10.1 Å². The average molecular weight is 248 g/mol. The van der Waals surface area contributed by atoms with Gasteiger partial charge in [0.15, 0.2) is 0 Å². The van der Waals surface area contributed by atoms with E-state index in [0.29, 0.717) is 5.92 Å². The number of rotatable bonds is 5. The molecule has 2 heteroatoms. The standard InChI is InChI=1S/C15H20OS/c1-11(2)9-13(16)8-7-12-10-17-15-6-4-3-5-14(12)15/h3-6,10-11,13,16H,7-9H2,1-2H3. The second kappa shape index (κ2) is 5.65. The first-order valence-electron chi connectivity index (χ1n) is 6.30. The second-order valence-electron chi connectivity index (χ2n) is 5.08. The summed E-state index contributed by atoms with van der Waals surface area (Å²) in [6, 6.07) is 8.50. The summed E-state index contributed by atoms with van der Waals surface area (Å²) in [4.78, 5) is 0. The van der Waals surface area contributed by atoms with E-state index in [1.54, 1.807) is 11.3 Å². The number of hydrogen-bond donors (Lipinski definition) is 1. The van der Waals surface area contributed by atoms with E-state index in [-0.39, 0.29) is 6.10 Å². The third kappa shape index (κ3) is 3.30. The van der Waals surface area contributed by atoms with Gasteiger partial charge in [0.2, 0.25) is 0 Å². The topological polar surface area (TPSA) is 20.2 Å². The molecule has 1 unspecified atom stereocenters. The first-order valence-corrected chi connectivity index (χ1v) is 7.18. The Bertz CT molecular complexity index is 472. The molecule has 0 aliphatic rings. The number of aryl methyl sites for hydroxylation is 1. The van der Waals surface area contributed by atoms with Crippen molar-refractivity contribution in [3.63, 3.8) is 0 Å². The summed E-state index contributed by atoms with van der Waals surface area (Å²) >= 11 is 1.80. The van der Waals surface area contributed by atoms with E-state index < -0.39 is 0 Å². The van der Waals surface area contributed by atoms with E-state index in [0.717, 1.165) is 19.3 Å². The van der Waals surface area contributed by atoms with Crippen LogP contribution < -0.4 is 0 Å². The molecule has 0 radical (unpaired) electrons. The van der Waals surface area contributed by atoms with Crippen LogP contribution in [0.4, 0.5) is 0 Å². The molecule has 1 N–H and O–H groups in total. The molecule has 0 saturated carbocycles. The minimum Gasteiger partial charge on any atom is -0.393 e. The van der Waals surface area contributed by atoms with Crippen LogP contribution >= 0.6 is 11.3 Å². The Balaban J connectivity index is 1.99. The van der Waals surface area contributed by atoms with Gasteiger partial charge in [0.25, 0.3) is 0 Å². The maximum absolute atomic E-state index is 9.89. The molecule has 17 heavy (non-hydrogen) atoms. The maximum Gasteiger partial charge on any atom is 0.0545 e. The molecule has 1 aromatic heterocycles. The Hall–Kier alpha value is -0.860. The highest BCUT2D eigenvalue weighted by atomic mass is 32.1. The van der Waals surface area contributed by atoms with Gasteiger partial charge in [-0.25, -0.2) is 0 Å². The van der Waals surface area contributed by atoms with Crippen molar-refractivity contribution in [2.45, 2.75) is 39.2 Å². The van der Waals surface area contributed by atoms with Gasteiger partial charge in [-0.05, 0) is 47.6 Å². The van der Waals surface area contributed by atoms with E-state index >= 15 is 0 Å². The number of fused-ring (bicyclic) bond motifs is 1. The van der Waals surface area contributed by atoms with E-state index in [9.17, 15) is 5.11 Å². The van der Waals surface area contributed by atoms with E-state index in [2.05, 4.69) is 43.5 Å². The van der Waals surface area contributed by atoms with Crippen LogP contribution in [-0.4, -0.2) is 11.2 Å². The summed E-state index contributed by atoms with van der Waals surface area (Å²) in [7, 11) is 0. The summed E-state index contributed by atoms with van der Waals surface area (Å²) in [6.45, 7) is 4.31. The van der Waals surface area contributed by atoms with Gasteiger partial charge in [0.05, 0.1) is 6.10 Å². The Kier molecular flexibility index (Phi) is 4.19. The number of thiophene rings is 1. The van der Waals surface area contributed by atoms with Crippen LogP contribution in [0, 0.1) is 5.92 Å². The van der Waals surface area contributed by atoms with Gasteiger partial charge in [-0.3, -0.25) is 0 Å². The zero-order valence-electron chi connectivity index (χ0n) is 10.5. The largest absolute Gasteiger partial charge is 0.393 e. The van der Waals surface area contributed by atoms with Crippen molar-refractivity contribution >= 4 is 21.4 Å². The van der Waals surface area contributed by atoms with Gasteiger partial charge in [0, 0.05) is 4.70 Å². The zero-order valence-corrected chi connectivity index (χ0v) is 11.3. The molecular formula is C15H20OS. The summed E-state index contributed by atoms with van der Waals surface area (Å²) in [6.07, 6.45) is 2.60. The summed E-state index contributed by atoms with van der Waals surface area (Å²) in [5, 5.41) is 13.5. The van der Waals surface area contributed by atoms with Crippen molar-refractivity contribution in [1.29, 1.82) is 0 Å². The molecule has 0 saturated heterocycles. The number of aliphatic hydroxyl groups excluding tert-OH is 1. The fraction of sp³-hybridized carbons (Fsp3) is 0.467. The highest BCUT2D eigenvalue weighted by Gasteiger charge is 2.09. The minimum atomic E-state index is -0.159. The molecule has 1 atom stereocenters. The monoisotopic (exact) mass is 248 g/mol. The van der Waals surface area contributed by atoms with Crippen LogP contribution in [0.5, 0.6) is 0 Å². The summed E-state index contributed by atoms with van der Waals surface area (Å²) in [5.41, 5.74) is 1.38. The molecule has 0 aliphatic carbocycles. The van der Waals surface area contributed by atoms with Gasteiger partial charge in [0.1, 0.15) is 0 Å². The number of benzene rings is 1. The van der Waals surface area contributed by atoms with Crippen molar-refractivity contribution in [2.75, 3.05) is 0 Å². The lowest BCUT2D eigenvalue weighted by Gasteiger charge is -2.12.